The van der Waals surface area contributed by atoms with Crippen molar-refractivity contribution in [3.8, 4) is 0 Å². The molecule has 0 bridgehead atoms. The van der Waals surface area contributed by atoms with Crippen molar-refractivity contribution in [2.75, 3.05) is 0 Å². The van der Waals surface area contributed by atoms with Gasteiger partial charge in [0, 0.05) is 0 Å². The van der Waals surface area contributed by atoms with E-state index < -0.39 is 31.9 Å². The van der Waals surface area contributed by atoms with Crippen molar-refractivity contribution >= 4 is 20.3 Å². The maximum atomic E-state index is 11.9. The summed E-state index contributed by atoms with van der Waals surface area (Å²) < 4.78 is 84.6. The highest BCUT2D eigenvalue weighted by Crippen LogP contribution is 2.32. The molecule has 11 heteroatoms. The molecule has 0 N–H and O–H groups in total. The fraction of sp³-hybridized carbons (Fsp3) is 1.00. The molecular weight excluding hydrogens is 287 g/mol. The average Bonchev–Trinajstić information content (AvgIpc) is 2.50. The molecule has 0 spiro atoms. The lowest BCUT2D eigenvalue weighted by molar-refractivity contribution is -0.0425. The molecule has 1 aliphatic carbocycles. The standard InChI is InChI=1S/C6H9F3NO5S2/c7-6(8,9)16(11,12)10-17(13,14)15-5-3-1-2-4-5/h5H,1-4H2/q-1. The van der Waals surface area contributed by atoms with Crippen LogP contribution < -0.4 is 0 Å². The Balaban J connectivity index is 2.73. The highest BCUT2D eigenvalue weighted by molar-refractivity contribution is 8.10. The fourth-order valence-corrected chi connectivity index (χ4v) is 3.31. The minimum Gasteiger partial charge on any atom is -0.404 e. The zero-order valence-corrected chi connectivity index (χ0v) is 9.98. The molecule has 0 atom stereocenters. The van der Waals surface area contributed by atoms with Crippen LogP contribution in [0, 0.1) is 0 Å². The Labute approximate surface area is 96.4 Å². The maximum absolute atomic E-state index is 11.9. The van der Waals surface area contributed by atoms with Crippen LogP contribution in [0.5, 0.6) is 0 Å². The molecule has 0 radical (unpaired) electrons. The minimum atomic E-state index is -6.09. The largest absolute Gasteiger partial charge is 0.480 e. The Morgan fingerprint density at radius 2 is 1.53 bits per heavy atom. The van der Waals surface area contributed by atoms with E-state index in [9.17, 15) is 30.0 Å². The summed E-state index contributed by atoms with van der Waals surface area (Å²) in [4.78, 5) is 0. The third kappa shape index (κ3) is 4.08. The number of hydrogen-bond acceptors (Lipinski definition) is 5. The summed E-state index contributed by atoms with van der Waals surface area (Å²) >= 11 is 0. The first-order valence-electron chi connectivity index (χ1n) is 4.52. The van der Waals surface area contributed by atoms with Crippen LogP contribution in [-0.4, -0.2) is 28.4 Å². The maximum Gasteiger partial charge on any atom is 0.480 e. The second kappa shape index (κ2) is 4.71. The molecule has 1 rings (SSSR count). The van der Waals surface area contributed by atoms with Crippen molar-refractivity contribution in [1.29, 1.82) is 0 Å². The number of nitrogens with zero attached hydrogens (tertiary/aromatic N) is 1. The molecule has 17 heavy (non-hydrogen) atoms. The van der Waals surface area contributed by atoms with Crippen molar-refractivity contribution in [2.24, 2.45) is 0 Å². The van der Waals surface area contributed by atoms with Crippen molar-refractivity contribution < 1.29 is 34.2 Å². The van der Waals surface area contributed by atoms with Crippen molar-refractivity contribution in [3.63, 3.8) is 0 Å². The van der Waals surface area contributed by atoms with Gasteiger partial charge in [0.25, 0.3) is 0 Å². The Hall–Kier alpha value is -0.390. The summed E-state index contributed by atoms with van der Waals surface area (Å²) in [6, 6.07) is 0. The predicted octanol–water partition coefficient (Wildman–Crippen LogP) is 1.41. The van der Waals surface area contributed by atoms with Gasteiger partial charge in [-0.3, -0.25) is 4.18 Å². The Kier molecular flexibility index (Phi) is 4.06. The van der Waals surface area contributed by atoms with Gasteiger partial charge in [0.1, 0.15) is 0 Å². The third-order valence-electron chi connectivity index (χ3n) is 2.04. The molecule has 1 fully saturated rings. The summed E-state index contributed by atoms with van der Waals surface area (Å²) in [5.74, 6) is 0. The molecule has 0 saturated heterocycles. The molecule has 1 saturated carbocycles. The molecule has 6 nitrogen and oxygen atoms in total. The van der Waals surface area contributed by atoms with Crippen molar-refractivity contribution in [3.05, 3.63) is 4.13 Å². The van der Waals surface area contributed by atoms with E-state index >= 15 is 0 Å². The number of sulfonamides is 1. The van der Waals surface area contributed by atoms with Crippen LogP contribution in [0.3, 0.4) is 0 Å². The second-order valence-electron chi connectivity index (χ2n) is 3.43. The smallest absolute Gasteiger partial charge is 0.404 e. The van der Waals surface area contributed by atoms with E-state index in [2.05, 4.69) is 4.18 Å². The van der Waals surface area contributed by atoms with Gasteiger partial charge in [-0.05, 0) is 12.8 Å². The molecule has 0 aromatic heterocycles. The van der Waals surface area contributed by atoms with Crippen LogP contribution in [0.2, 0.25) is 0 Å². The van der Waals surface area contributed by atoms with E-state index in [1.807, 2.05) is 0 Å². The number of alkyl halides is 3. The van der Waals surface area contributed by atoms with Gasteiger partial charge < -0.3 is 4.13 Å². The van der Waals surface area contributed by atoms with Gasteiger partial charge in [-0.1, -0.05) is 12.8 Å². The van der Waals surface area contributed by atoms with Gasteiger partial charge in [0.05, 0.1) is 6.10 Å². The average molecular weight is 296 g/mol. The van der Waals surface area contributed by atoms with Crippen LogP contribution in [-0.2, 0) is 24.5 Å². The summed E-state index contributed by atoms with van der Waals surface area (Å²) in [5, 5.41) is 0. The fourth-order valence-electron chi connectivity index (χ4n) is 1.34. The van der Waals surface area contributed by atoms with Gasteiger partial charge in [-0.15, -0.1) is 0 Å². The summed E-state index contributed by atoms with van der Waals surface area (Å²) in [6.07, 6.45) is 1.24. The van der Waals surface area contributed by atoms with E-state index in [0.717, 1.165) is 0 Å². The lowest BCUT2D eigenvalue weighted by atomic mass is 10.3. The van der Waals surface area contributed by atoms with Crippen molar-refractivity contribution in [1.82, 2.24) is 0 Å². The predicted molar refractivity (Wildman–Crippen MR) is 50.6 cm³/mol. The van der Waals surface area contributed by atoms with Crippen LogP contribution >= 0.6 is 0 Å². The summed E-state index contributed by atoms with van der Waals surface area (Å²) in [5.41, 5.74) is -5.75. The number of rotatable bonds is 4. The Bertz CT molecular complexity index is 462. The molecule has 1 aliphatic rings. The molecule has 102 valence electrons. The highest BCUT2D eigenvalue weighted by Gasteiger charge is 2.41. The molecule has 0 aromatic carbocycles. The monoisotopic (exact) mass is 296 g/mol. The van der Waals surface area contributed by atoms with E-state index in [-0.39, 0.29) is 0 Å². The zero-order valence-electron chi connectivity index (χ0n) is 8.34. The van der Waals surface area contributed by atoms with Crippen LogP contribution in [0.15, 0.2) is 0 Å². The van der Waals surface area contributed by atoms with E-state index in [1.165, 1.54) is 0 Å². The van der Waals surface area contributed by atoms with Gasteiger partial charge in [-0.2, -0.15) is 13.2 Å². The van der Waals surface area contributed by atoms with Gasteiger partial charge in [0.2, 0.25) is 10.3 Å². The van der Waals surface area contributed by atoms with Gasteiger partial charge >= 0.3 is 5.51 Å². The molecule has 0 unspecified atom stereocenters. The Morgan fingerprint density at radius 3 is 1.94 bits per heavy atom. The van der Waals surface area contributed by atoms with E-state index in [4.69, 9.17) is 0 Å². The molecule has 0 aromatic rings. The van der Waals surface area contributed by atoms with Crippen LogP contribution in [0.25, 0.3) is 4.13 Å². The SMILES string of the molecule is O=S(=O)([N-]S(=O)(=O)C(F)(F)F)OC1CCCC1. The van der Waals surface area contributed by atoms with Crippen molar-refractivity contribution in [2.45, 2.75) is 37.3 Å². The molecule has 0 amide bonds. The highest BCUT2D eigenvalue weighted by atomic mass is 32.3. The van der Waals surface area contributed by atoms with Crippen LogP contribution in [0.4, 0.5) is 13.2 Å². The number of hydrogen-bond donors (Lipinski definition) is 0. The Morgan fingerprint density at radius 1 is 1.06 bits per heavy atom. The first kappa shape index (κ1) is 14.7. The van der Waals surface area contributed by atoms with E-state index in [1.54, 1.807) is 4.13 Å². The molecular formula is C6H9F3NO5S2-. The zero-order chi connectivity index (χ0) is 13.3. The first-order chi connectivity index (χ1) is 7.54. The van der Waals surface area contributed by atoms with Gasteiger partial charge in [-0.25, -0.2) is 16.8 Å². The topological polar surface area (TPSA) is 91.6 Å². The number of halogens is 3. The second-order valence-corrected chi connectivity index (χ2v) is 6.48. The van der Waals surface area contributed by atoms with Crippen LogP contribution in [0.1, 0.15) is 25.7 Å². The lowest BCUT2D eigenvalue weighted by Crippen LogP contribution is -2.26. The summed E-state index contributed by atoms with van der Waals surface area (Å²) in [6.45, 7) is 0. The normalized spacial score (nSPS) is 19.7. The van der Waals surface area contributed by atoms with Gasteiger partial charge in [0.15, 0.2) is 10.0 Å². The third-order valence-corrected chi connectivity index (χ3v) is 4.66. The summed E-state index contributed by atoms with van der Waals surface area (Å²) in [7, 11) is -11.2. The van der Waals surface area contributed by atoms with E-state index in [0.29, 0.717) is 25.7 Å². The minimum absolute atomic E-state index is 0.348. The molecule has 0 aliphatic heterocycles. The molecule has 0 heterocycles. The quantitative estimate of drug-likeness (QED) is 0.782. The first-order valence-corrected chi connectivity index (χ1v) is 7.33. The lowest BCUT2D eigenvalue weighted by Gasteiger charge is -2.23.